The van der Waals surface area contributed by atoms with Gasteiger partial charge in [-0.05, 0) is 19.3 Å². The minimum Gasteiger partial charge on any atom is -0.370 e. The fourth-order valence-electron chi connectivity index (χ4n) is 3.00. The highest BCUT2D eigenvalue weighted by Crippen LogP contribution is 2.17. The van der Waals surface area contributed by atoms with E-state index in [4.69, 9.17) is 5.73 Å². The molecule has 1 heterocycles. The van der Waals surface area contributed by atoms with Crippen LogP contribution in [-0.2, 0) is 9.59 Å². The van der Waals surface area contributed by atoms with E-state index >= 15 is 0 Å². The smallest absolute Gasteiger partial charge is 0.229 e. The third-order valence-electron chi connectivity index (χ3n) is 4.20. The van der Waals surface area contributed by atoms with E-state index in [0.717, 1.165) is 12.8 Å². The van der Waals surface area contributed by atoms with Gasteiger partial charge in [-0.25, -0.2) is 0 Å². The lowest BCUT2D eigenvalue weighted by atomic mass is 10.1. The van der Waals surface area contributed by atoms with Crippen molar-refractivity contribution >= 4 is 41.8 Å². The number of nitrogens with one attached hydrogen (secondary N) is 1. The standard InChI is InChI=1S/C15H26N4O2.HI/c16-15(18-12-6-3-1-2-4-7-12)17-10-11-19-13(20)8-5-9-14(19)21;/h12H,1-11H2,(H3,16,17,18);1H. The molecule has 1 saturated heterocycles. The quantitative estimate of drug-likeness (QED) is 0.238. The molecule has 6 nitrogen and oxygen atoms in total. The summed E-state index contributed by atoms with van der Waals surface area (Å²) in [6, 6.07) is 0.412. The van der Waals surface area contributed by atoms with E-state index in [1.165, 1.54) is 30.6 Å². The lowest BCUT2D eigenvalue weighted by Crippen LogP contribution is -2.43. The van der Waals surface area contributed by atoms with E-state index in [-0.39, 0.29) is 35.8 Å². The fourth-order valence-corrected chi connectivity index (χ4v) is 3.00. The number of nitrogens with two attached hydrogens (primary N) is 1. The summed E-state index contributed by atoms with van der Waals surface area (Å²) >= 11 is 0. The molecular weight excluding hydrogens is 395 g/mol. The van der Waals surface area contributed by atoms with Crippen LogP contribution in [0, 0.1) is 0 Å². The summed E-state index contributed by atoms with van der Waals surface area (Å²) < 4.78 is 0. The number of likely N-dealkylation sites (tertiary alicyclic amines) is 1. The molecule has 0 bridgehead atoms. The van der Waals surface area contributed by atoms with Crippen LogP contribution in [-0.4, -0.2) is 41.8 Å². The van der Waals surface area contributed by atoms with Crippen LogP contribution in [0.5, 0.6) is 0 Å². The van der Waals surface area contributed by atoms with E-state index in [2.05, 4.69) is 10.3 Å². The minimum atomic E-state index is -0.0863. The number of rotatable bonds is 4. The van der Waals surface area contributed by atoms with Crippen molar-refractivity contribution in [1.29, 1.82) is 0 Å². The number of guanidine groups is 1. The Morgan fingerprint density at radius 2 is 1.68 bits per heavy atom. The monoisotopic (exact) mass is 422 g/mol. The molecule has 126 valence electrons. The van der Waals surface area contributed by atoms with Crippen LogP contribution in [0.1, 0.15) is 57.8 Å². The van der Waals surface area contributed by atoms with Crippen molar-refractivity contribution in [2.45, 2.75) is 63.8 Å². The van der Waals surface area contributed by atoms with Gasteiger partial charge in [0.25, 0.3) is 0 Å². The van der Waals surface area contributed by atoms with E-state index in [1.54, 1.807) is 0 Å². The van der Waals surface area contributed by atoms with Gasteiger partial charge in [-0.1, -0.05) is 25.7 Å². The number of amides is 2. The van der Waals surface area contributed by atoms with E-state index in [9.17, 15) is 9.59 Å². The Bertz CT molecular complexity index is 390. The SMILES string of the molecule is I.NC(=NCCN1C(=O)CCCC1=O)NC1CCCCCC1. The zero-order chi connectivity index (χ0) is 15.1. The van der Waals surface area contributed by atoms with Crippen molar-refractivity contribution < 1.29 is 9.59 Å². The average Bonchev–Trinajstić information content (AvgIpc) is 2.71. The van der Waals surface area contributed by atoms with E-state index in [0.29, 0.717) is 44.4 Å². The zero-order valence-corrected chi connectivity index (χ0v) is 15.4. The van der Waals surface area contributed by atoms with Gasteiger partial charge in [0, 0.05) is 25.4 Å². The molecule has 1 aliphatic heterocycles. The summed E-state index contributed by atoms with van der Waals surface area (Å²) in [7, 11) is 0. The molecule has 0 spiro atoms. The highest BCUT2D eigenvalue weighted by molar-refractivity contribution is 14.0. The number of aliphatic imine (C=N–C) groups is 1. The maximum atomic E-state index is 11.6. The number of piperidine rings is 1. The Hall–Kier alpha value is -0.860. The zero-order valence-electron chi connectivity index (χ0n) is 13.1. The molecule has 0 unspecified atom stereocenters. The molecule has 0 aromatic carbocycles. The van der Waals surface area contributed by atoms with Gasteiger partial charge in [0.05, 0.1) is 6.54 Å². The van der Waals surface area contributed by atoms with Crippen LogP contribution in [0.15, 0.2) is 4.99 Å². The molecule has 2 amide bonds. The number of hydrogen-bond donors (Lipinski definition) is 2. The number of hydrogen-bond acceptors (Lipinski definition) is 3. The fraction of sp³-hybridized carbons (Fsp3) is 0.800. The summed E-state index contributed by atoms with van der Waals surface area (Å²) in [5, 5.41) is 3.26. The van der Waals surface area contributed by atoms with Gasteiger partial charge in [-0.3, -0.25) is 19.5 Å². The third-order valence-corrected chi connectivity index (χ3v) is 4.20. The summed E-state index contributed by atoms with van der Waals surface area (Å²) in [5.41, 5.74) is 5.89. The van der Waals surface area contributed by atoms with E-state index < -0.39 is 0 Å². The molecule has 0 radical (unpaired) electrons. The molecule has 22 heavy (non-hydrogen) atoms. The summed E-state index contributed by atoms with van der Waals surface area (Å²) in [5.74, 6) is 0.257. The Morgan fingerprint density at radius 1 is 1.09 bits per heavy atom. The second-order valence-corrected chi connectivity index (χ2v) is 5.89. The molecule has 0 aromatic heterocycles. The van der Waals surface area contributed by atoms with Gasteiger partial charge in [0.15, 0.2) is 5.96 Å². The molecule has 0 atom stereocenters. The van der Waals surface area contributed by atoms with Crippen molar-refractivity contribution in [3.8, 4) is 0 Å². The van der Waals surface area contributed by atoms with Gasteiger partial charge < -0.3 is 11.1 Å². The maximum absolute atomic E-state index is 11.6. The second kappa shape index (κ2) is 10.0. The first kappa shape index (κ1) is 19.2. The van der Waals surface area contributed by atoms with Gasteiger partial charge in [-0.2, -0.15) is 0 Å². The highest BCUT2D eigenvalue weighted by Gasteiger charge is 2.25. The van der Waals surface area contributed by atoms with Crippen LogP contribution in [0.25, 0.3) is 0 Å². The van der Waals surface area contributed by atoms with Gasteiger partial charge in [0.1, 0.15) is 0 Å². The second-order valence-electron chi connectivity index (χ2n) is 5.89. The summed E-state index contributed by atoms with van der Waals surface area (Å²) in [6.07, 6.45) is 8.95. The molecule has 2 aliphatic rings. The Kier molecular flexibility index (Phi) is 8.74. The molecule has 1 aliphatic carbocycles. The number of halogens is 1. The van der Waals surface area contributed by atoms with Crippen molar-refractivity contribution in [3.63, 3.8) is 0 Å². The normalized spacial score (nSPS) is 21.3. The first-order valence-corrected chi connectivity index (χ1v) is 8.06. The van der Waals surface area contributed by atoms with Crippen molar-refractivity contribution in [1.82, 2.24) is 10.2 Å². The molecule has 1 saturated carbocycles. The molecule has 2 rings (SSSR count). The van der Waals surface area contributed by atoms with Crippen LogP contribution in [0.4, 0.5) is 0 Å². The van der Waals surface area contributed by atoms with Crippen molar-refractivity contribution in [2.24, 2.45) is 10.7 Å². The number of nitrogens with zero attached hydrogens (tertiary/aromatic N) is 2. The highest BCUT2D eigenvalue weighted by atomic mass is 127. The number of carbonyl (C=O) groups excluding carboxylic acids is 2. The number of imide groups is 1. The van der Waals surface area contributed by atoms with Gasteiger partial charge in [-0.15, -0.1) is 24.0 Å². The largest absolute Gasteiger partial charge is 0.370 e. The van der Waals surface area contributed by atoms with E-state index in [1.807, 2.05) is 0 Å². The topological polar surface area (TPSA) is 87.8 Å². The molecule has 3 N–H and O–H groups in total. The van der Waals surface area contributed by atoms with Crippen LogP contribution in [0.3, 0.4) is 0 Å². The first-order valence-electron chi connectivity index (χ1n) is 8.06. The maximum Gasteiger partial charge on any atom is 0.229 e. The Labute approximate surface area is 149 Å². The molecule has 7 heteroatoms. The van der Waals surface area contributed by atoms with Crippen molar-refractivity contribution in [3.05, 3.63) is 0 Å². The Balaban J connectivity index is 0.00000242. The molecule has 0 aromatic rings. The molecular formula is C15H27IN4O2. The number of carbonyl (C=O) groups is 2. The minimum absolute atomic E-state index is 0. The van der Waals surface area contributed by atoms with Gasteiger partial charge >= 0.3 is 0 Å². The third kappa shape index (κ3) is 6.10. The first-order chi connectivity index (χ1) is 10.2. The van der Waals surface area contributed by atoms with Gasteiger partial charge in [0.2, 0.25) is 11.8 Å². The van der Waals surface area contributed by atoms with Crippen molar-refractivity contribution in [2.75, 3.05) is 13.1 Å². The average molecular weight is 422 g/mol. The predicted molar refractivity (Wildman–Crippen MR) is 97.1 cm³/mol. The lowest BCUT2D eigenvalue weighted by molar-refractivity contribution is -0.147. The lowest BCUT2D eigenvalue weighted by Gasteiger charge is -2.24. The van der Waals surface area contributed by atoms with Crippen LogP contribution in [0.2, 0.25) is 0 Å². The molecule has 2 fully saturated rings. The summed E-state index contributed by atoms with van der Waals surface area (Å²) in [6.45, 7) is 0.716. The van der Waals surface area contributed by atoms with Crippen LogP contribution < -0.4 is 11.1 Å². The predicted octanol–water partition coefficient (Wildman–Crippen LogP) is 1.77. The summed E-state index contributed by atoms with van der Waals surface area (Å²) in [4.78, 5) is 28.9. The van der Waals surface area contributed by atoms with Crippen LogP contribution >= 0.6 is 24.0 Å². The Morgan fingerprint density at radius 3 is 2.27 bits per heavy atom.